The van der Waals surface area contributed by atoms with Crippen LogP contribution in [0.25, 0.3) is 11.1 Å². The van der Waals surface area contributed by atoms with Crippen LogP contribution in [0.3, 0.4) is 0 Å². The molecule has 3 nitrogen and oxygen atoms in total. The van der Waals surface area contributed by atoms with Crippen LogP contribution in [0.4, 0.5) is 0 Å². The van der Waals surface area contributed by atoms with Gasteiger partial charge in [-0.15, -0.1) is 0 Å². The zero-order chi connectivity index (χ0) is 19.1. The number of hydrogen-bond donors (Lipinski definition) is 2. The van der Waals surface area contributed by atoms with Gasteiger partial charge in [0.15, 0.2) is 0 Å². The van der Waals surface area contributed by atoms with Gasteiger partial charge in [0.25, 0.3) is 0 Å². The normalized spacial score (nSPS) is 13.0. The van der Waals surface area contributed by atoms with Gasteiger partial charge in [-0.05, 0) is 29.2 Å². The number of carbonyl (C=O) groups excluding carboxylic acids is 1. The molecule has 27 heavy (non-hydrogen) atoms. The summed E-state index contributed by atoms with van der Waals surface area (Å²) in [5, 5.41) is 13.2. The summed E-state index contributed by atoms with van der Waals surface area (Å²) in [5.41, 5.74) is 4.30. The van der Waals surface area contributed by atoms with E-state index in [0.29, 0.717) is 12.8 Å². The minimum atomic E-state index is -0.614. The van der Waals surface area contributed by atoms with Gasteiger partial charge in [-0.1, -0.05) is 84.9 Å². The molecule has 3 aromatic carbocycles. The van der Waals surface area contributed by atoms with E-state index in [2.05, 4.69) is 17.4 Å². The predicted octanol–water partition coefficient (Wildman–Crippen LogP) is 4.00. The van der Waals surface area contributed by atoms with E-state index in [0.717, 1.165) is 22.3 Å². The molecule has 0 aliphatic heterocycles. The minimum Gasteiger partial charge on any atom is -0.391 e. The van der Waals surface area contributed by atoms with E-state index in [1.807, 2.05) is 79.7 Å². The van der Waals surface area contributed by atoms with E-state index < -0.39 is 6.10 Å². The number of benzene rings is 3. The van der Waals surface area contributed by atoms with Gasteiger partial charge in [0.05, 0.1) is 18.6 Å². The zero-order valence-electron chi connectivity index (χ0n) is 15.5. The maximum atomic E-state index is 12.3. The van der Waals surface area contributed by atoms with Gasteiger partial charge in [-0.3, -0.25) is 4.79 Å². The van der Waals surface area contributed by atoms with Crippen LogP contribution >= 0.6 is 0 Å². The Balaban J connectivity index is 1.52. The number of aliphatic hydroxyl groups excluding tert-OH is 1. The van der Waals surface area contributed by atoms with Crippen molar-refractivity contribution >= 4 is 5.91 Å². The molecular formula is C24H25NO2. The van der Waals surface area contributed by atoms with Crippen LogP contribution in [-0.2, 0) is 17.6 Å². The molecule has 0 bridgehead atoms. The Morgan fingerprint density at radius 2 is 1.37 bits per heavy atom. The molecule has 0 aliphatic carbocycles. The fourth-order valence-corrected chi connectivity index (χ4v) is 3.06. The van der Waals surface area contributed by atoms with Crippen LogP contribution in [-0.4, -0.2) is 23.2 Å². The maximum Gasteiger partial charge on any atom is 0.224 e. The number of carbonyl (C=O) groups is 1. The molecule has 0 aromatic heterocycles. The number of amides is 1. The highest BCUT2D eigenvalue weighted by molar-refractivity contribution is 5.79. The molecule has 3 rings (SSSR count). The molecule has 0 fully saturated rings. The highest BCUT2D eigenvalue weighted by atomic mass is 16.3. The molecule has 138 valence electrons. The van der Waals surface area contributed by atoms with Crippen molar-refractivity contribution in [3.63, 3.8) is 0 Å². The molecule has 0 aliphatic rings. The van der Waals surface area contributed by atoms with E-state index in [1.54, 1.807) is 0 Å². The molecule has 2 N–H and O–H groups in total. The SMILES string of the molecule is C[C@@H](NC(=O)Cc1ccc(-c2ccccc2)cc1)[C@@H](O)Cc1ccccc1. The predicted molar refractivity (Wildman–Crippen MR) is 109 cm³/mol. The van der Waals surface area contributed by atoms with Gasteiger partial charge < -0.3 is 10.4 Å². The van der Waals surface area contributed by atoms with E-state index in [4.69, 9.17) is 0 Å². The first-order chi connectivity index (χ1) is 13.1. The van der Waals surface area contributed by atoms with Gasteiger partial charge in [0.2, 0.25) is 5.91 Å². The quantitative estimate of drug-likeness (QED) is 0.670. The molecule has 0 spiro atoms. The summed E-state index contributed by atoms with van der Waals surface area (Å²) >= 11 is 0. The van der Waals surface area contributed by atoms with E-state index >= 15 is 0 Å². The van der Waals surface area contributed by atoms with Gasteiger partial charge in [-0.25, -0.2) is 0 Å². The largest absolute Gasteiger partial charge is 0.391 e. The molecule has 3 aromatic rings. The first kappa shape index (κ1) is 18.9. The average Bonchev–Trinajstić information content (AvgIpc) is 2.70. The molecule has 0 saturated carbocycles. The van der Waals surface area contributed by atoms with E-state index in [1.165, 1.54) is 0 Å². The summed E-state index contributed by atoms with van der Waals surface area (Å²) in [6, 6.07) is 27.7. The molecule has 3 heteroatoms. The average molecular weight is 359 g/mol. The van der Waals surface area contributed by atoms with Gasteiger partial charge in [0.1, 0.15) is 0 Å². The summed E-state index contributed by atoms with van der Waals surface area (Å²) in [4.78, 5) is 12.3. The summed E-state index contributed by atoms with van der Waals surface area (Å²) < 4.78 is 0. The van der Waals surface area contributed by atoms with E-state index in [9.17, 15) is 9.90 Å². The van der Waals surface area contributed by atoms with Gasteiger partial charge in [0, 0.05) is 6.42 Å². The number of rotatable bonds is 7. The Kier molecular flexibility index (Phi) is 6.39. The summed E-state index contributed by atoms with van der Waals surface area (Å²) in [6.45, 7) is 1.84. The van der Waals surface area contributed by atoms with Crippen molar-refractivity contribution in [3.05, 3.63) is 96.1 Å². The van der Waals surface area contributed by atoms with Gasteiger partial charge >= 0.3 is 0 Å². The summed E-state index contributed by atoms with van der Waals surface area (Å²) in [7, 11) is 0. The van der Waals surface area contributed by atoms with Crippen molar-refractivity contribution in [1.82, 2.24) is 5.32 Å². The van der Waals surface area contributed by atoms with E-state index in [-0.39, 0.29) is 11.9 Å². The monoisotopic (exact) mass is 359 g/mol. The molecule has 0 unspecified atom stereocenters. The van der Waals surface area contributed by atoms with Crippen LogP contribution < -0.4 is 5.32 Å². The summed E-state index contributed by atoms with van der Waals surface area (Å²) in [5.74, 6) is -0.0814. The van der Waals surface area contributed by atoms with Crippen LogP contribution in [0.2, 0.25) is 0 Å². The third kappa shape index (κ3) is 5.53. The Bertz CT molecular complexity index is 845. The van der Waals surface area contributed by atoms with Crippen molar-refractivity contribution in [3.8, 4) is 11.1 Å². The molecular weight excluding hydrogens is 334 g/mol. The highest BCUT2D eigenvalue weighted by Gasteiger charge is 2.17. The lowest BCUT2D eigenvalue weighted by atomic mass is 10.0. The minimum absolute atomic E-state index is 0.0814. The second-order valence-corrected chi connectivity index (χ2v) is 6.85. The van der Waals surface area contributed by atoms with Crippen molar-refractivity contribution in [2.45, 2.75) is 31.9 Å². The number of hydrogen-bond acceptors (Lipinski definition) is 2. The fourth-order valence-electron chi connectivity index (χ4n) is 3.06. The van der Waals surface area contributed by atoms with Crippen LogP contribution in [0.15, 0.2) is 84.9 Å². The Hall–Kier alpha value is -2.91. The fraction of sp³-hybridized carbons (Fsp3) is 0.208. The first-order valence-corrected chi connectivity index (χ1v) is 9.27. The molecule has 0 radical (unpaired) electrons. The number of aliphatic hydroxyl groups is 1. The molecule has 2 atom stereocenters. The lowest BCUT2D eigenvalue weighted by Gasteiger charge is -2.20. The standard InChI is InChI=1S/C24H25NO2/c1-18(23(26)16-19-8-4-2-5-9-19)25-24(27)17-20-12-14-22(15-13-20)21-10-6-3-7-11-21/h2-15,18,23,26H,16-17H2,1H3,(H,25,27)/t18-,23+/m1/s1. The van der Waals surface area contributed by atoms with Crippen molar-refractivity contribution in [2.24, 2.45) is 0 Å². The van der Waals surface area contributed by atoms with Gasteiger partial charge in [-0.2, -0.15) is 0 Å². The highest BCUT2D eigenvalue weighted by Crippen LogP contribution is 2.19. The second-order valence-electron chi connectivity index (χ2n) is 6.85. The molecule has 0 heterocycles. The molecule has 0 saturated heterocycles. The number of nitrogens with one attached hydrogen (secondary N) is 1. The smallest absolute Gasteiger partial charge is 0.224 e. The van der Waals surface area contributed by atoms with Crippen LogP contribution in [0, 0.1) is 0 Å². The topological polar surface area (TPSA) is 49.3 Å². The zero-order valence-corrected chi connectivity index (χ0v) is 15.5. The summed E-state index contributed by atoms with van der Waals surface area (Å²) in [6.07, 6.45) is 0.211. The third-order valence-electron chi connectivity index (χ3n) is 4.68. The molecule has 1 amide bonds. The second kappa shape index (κ2) is 9.15. The van der Waals surface area contributed by atoms with Crippen LogP contribution in [0.5, 0.6) is 0 Å². The lowest BCUT2D eigenvalue weighted by Crippen LogP contribution is -2.42. The van der Waals surface area contributed by atoms with Crippen LogP contribution in [0.1, 0.15) is 18.1 Å². The van der Waals surface area contributed by atoms with Crippen molar-refractivity contribution in [1.29, 1.82) is 0 Å². The Morgan fingerprint density at radius 3 is 2.00 bits per heavy atom. The van der Waals surface area contributed by atoms with Crippen molar-refractivity contribution < 1.29 is 9.90 Å². The van der Waals surface area contributed by atoms with Crippen molar-refractivity contribution in [2.75, 3.05) is 0 Å². The lowest BCUT2D eigenvalue weighted by molar-refractivity contribution is -0.121. The Labute approximate surface area is 160 Å². The third-order valence-corrected chi connectivity index (χ3v) is 4.68. The maximum absolute atomic E-state index is 12.3. The Morgan fingerprint density at radius 1 is 0.815 bits per heavy atom. The first-order valence-electron chi connectivity index (χ1n) is 9.27.